The molecule has 146 valence electrons. The first-order valence-corrected chi connectivity index (χ1v) is 8.21. The lowest BCUT2D eigenvalue weighted by Crippen LogP contribution is -2.24. The van der Waals surface area contributed by atoms with Gasteiger partial charge in [-0.25, -0.2) is 0 Å². The summed E-state index contributed by atoms with van der Waals surface area (Å²) in [5.74, 6) is -0.591. The van der Waals surface area contributed by atoms with Crippen LogP contribution >= 0.6 is 0 Å². The fourth-order valence-corrected chi connectivity index (χ4v) is 2.62. The second-order valence-corrected chi connectivity index (χ2v) is 5.94. The fraction of sp³-hybridized carbons (Fsp3) is 0.222. The van der Waals surface area contributed by atoms with Gasteiger partial charge in [0, 0.05) is 5.69 Å². The van der Waals surface area contributed by atoms with Crippen molar-refractivity contribution in [3.63, 3.8) is 0 Å². The van der Waals surface area contributed by atoms with Gasteiger partial charge in [0.25, 0.3) is 0 Å². The third-order valence-electron chi connectivity index (χ3n) is 4.05. The maximum Gasteiger partial charge on any atom is 0.416 e. The van der Waals surface area contributed by atoms with Gasteiger partial charge in [-0.2, -0.15) is 18.4 Å². The quantitative estimate of drug-likeness (QED) is 0.673. The Morgan fingerprint density at radius 2 is 1.96 bits per heavy atom. The number of nitrogens with zero attached hydrogens (tertiary/aromatic N) is 3. The molecule has 1 amide bonds. The Morgan fingerprint density at radius 1 is 1.21 bits per heavy atom. The maximum atomic E-state index is 12.9. The number of rotatable bonds is 6. The normalized spacial score (nSPS) is 12.4. The summed E-state index contributed by atoms with van der Waals surface area (Å²) in [4.78, 5) is 12.8. The lowest BCUT2D eigenvalue weighted by atomic mass is 9.97. The average molecular weight is 391 g/mol. The Labute approximate surface area is 157 Å². The highest BCUT2D eigenvalue weighted by Crippen LogP contribution is 2.31. The number of nitrogens with one attached hydrogen (secondary N) is 2. The molecule has 10 heteroatoms. The van der Waals surface area contributed by atoms with Gasteiger partial charge in [0.05, 0.1) is 12.7 Å². The minimum Gasteiger partial charge on any atom is -0.497 e. The van der Waals surface area contributed by atoms with E-state index in [1.54, 1.807) is 31.4 Å². The molecule has 3 rings (SSSR count). The van der Waals surface area contributed by atoms with Crippen molar-refractivity contribution >= 4 is 11.6 Å². The Kier molecular flexibility index (Phi) is 5.57. The van der Waals surface area contributed by atoms with E-state index in [1.807, 2.05) is 0 Å². The van der Waals surface area contributed by atoms with Crippen LogP contribution in [0, 0.1) is 0 Å². The molecule has 1 atom stereocenters. The molecule has 0 bridgehead atoms. The molecule has 7 nitrogen and oxygen atoms in total. The van der Waals surface area contributed by atoms with Crippen LogP contribution in [0.3, 0.4) is 0 Å². The highest BCUT2D eigenvalue weighted by Gasteiger charge is 2.31. The number of carbonyl (C=O) groups is 1. The average Bonchev–Trinajstić information content (AvgIpc) is 3.20. The lowest BCUT2D eigenvalue weighted by molar-refractivity contribution is -0.137. The number of carbonyl (C=O) groups excluding carboxylic acids is 1. The number of tetrazole rings is 1. The van der Waals surface area contributed by atoms with Crippen LogP contribution in [0.15, 0.2) is 48.5 Å². The summed E-state index contributed by atoms with van der Waals surface area (Å²) in [6.07, 6.45) is -4.27. The summed E-state index contributed by atoms with van der Waals surface area (Å²) in [5.41, 5.74) is -0.0191. The highest BCUT2D eigenvalue weighted by atomic mass is 19.4. The highest BCUT2D eigenvalue weighted by molar-refractivity contribution is 5.95. The van der Waals surface area contributed by atoms with Crippen LogP contribution in [0.4, 0.5) is 18.9 Å². The van der Waals surface area contributed by atoms with E-state index in [2.05, 4.69) is 25.9 Å². The molecule has 0 spiro atoms. The van der Waals surface area contributed by atoms with Gasteiger partial charge >= 0.3 is 6.18 Å². The molecule has 0 aliphatic rings. The molecule has 1 heterocycles. The number of ether oxygens (including phenoxy) is 1. The Hall–Kier alpha value is -3.43. The summed E-state index contributed by atoms with van der Waals surface area (Å²) in [5, 5.41) is 16.0. The van der Waals surface area contributed by atoms with Gasteiger partial charge in [-0.3, -0.25) is 4.79 Å². The molecule has 0 radical (unpaired) electrons. The van der Waals surface area contributed by atoms with E-state index in [0.29, 0.717) is 5.75 Å². The number of aromatic amines is 1. The lowest BCUT2D eigenvalue weighted by Gasteiger charge is -2.15. The summed E-state index contributed by atoms with van der Waals surface area (Å²) >= 11 is 0. The largest absolute Gasteiger partial charge is 0.497 e. The number of hydrogen-bond donors (Lipinski definition) is 2. The standard InChI is InChI=1S/C18H16F3N5O2/c1-28-14-7-5-11(6-8-14)9-15(16-23-25-26-24-16)17(27)22-13-4-2-3-12(10-13)18(19,20)21/h2-8,10,15H,9H2,1H3,(H,22,27)(H,23,24,25,26)/t15-/m1/s1. The molecular weight excluding hydrogens is 375 g/mol. The van der Waals surface area contributed by atoms with Gasteiger partial charge in [-0.1, -0.05) is 23.4 Å². The number of benzene rings is 2. The molecule has 28 heavy (non-hydrogen) atoms. The summed E-state index contributed by atoms with van der Waals surface area (Å²) in [7, 11) is 1.54. The van der Waals surface area contributed by atoms with Crippen molar-refractivity contribution < 1.29 is 22.7 Å². The number of amides is 1. The topological polar surface area (TPSA) is 92.8 Å². The summed E-state index contributed by atoms with van der Waals surface area (Å²) in [6.45, 7) is 0. The second-order valence-electron chi connectivity index (χ2n) is 5.94. The second kappa shape index (κ2) is 8.07. The first-order valence-electron chi connectivity index (χ1n) is 8.21. The Balaban J connectivity index is 1.81. The van der Waals surface area contributed by atoms with E-state index in [-0.39, 0.29) is 17.9 Å². The smallest absolute Gasteiger partial charge is 0.416 e. The number of anilines is 1. The third-order valence-corrected chi connectivity index (χ3v) is 4.05. The fourth-order valence-electron chi connectivity index (χ4n) is 2.62. The molecule has 0 aliphatic carbocycles. The van der Waals surface area contributed by atoms with E-state index < -0.39 is 23.6 Å². The molecule has 3 aromatic rings. The first-order chi connectivity index (χ1) is 13.4. The van der Waals surface area contributed by atoms with Crippen molar-refractivity contribution in [2.24, 2.45) is 0 Å². The van der Waals surface area contributed by atoms with Crippen molar-refractivity contribution in [2.45, 2.75) is 18.5 Å². The third kappa shape index (κ3) is 4.64. The van der Waals surface area contributed by atoms with Crippen LogP contribution in [0.25, 0.3) is 0 Å². The molecule has 0 aliphatic heterocycles. The minimum absolute atomic E-state index is 0.0306. The number of H-pyrrole nitrogens is 1. The van der Waals surface area contributed by atoms with Crippen molar-refractivity contribution in [2.75, 3.05) is 12.4 Å². The molecule has 0 fully saturated rings. The molecule has 1 aromatic heterocycles. The van der Waals surface area contributed by atoms with Crippen LogP contribution in [0.5, 0.6) is 5.75 Å². The number of alkyl halides is 3. The maximum absolute atomic E-state index is 12.9. The molecule has 2 N–H and O–H groups in total. The van der Waals surface area contributed by atoms with Crippen LogP contribution in [0.1, 0.15) is 22.9 Å². The number of aromatic nitrogens is 4. The van der Waals surface area contributed by atoms with Crippen molar-refractivity contribution in [1.29, 1.82) is 0 Å². The van der Waals surface area contributed by atoms with E-state index in [4.69, 9.17) is 4.74 Å². The van der Waals surface area contributed by atoms with Crippen molar-refractivity contribution in [1.82, 2.24) is 20.6 Å². The van der Waals surface area contributed by atoms with E-state index in [1.165, 1.54) is 12.1 Å². The van der Waals surface area contributed by atoms with Gasteiger partial charge < -0.3 is 10.1 Å². The summed E-state index contributed by atoms with van der Waals surface area (Å²) in [6, 6.07) is 11.5. The number of halogens is 3. The molecule has 0 saturated carbocycles. The van der Waals surface area contributed by atoms with Gasteiger partial charge in [0.15, 0.2) is 5.82 Å². The van der Waals surface area contributed by atoms with Crippen LogP contribution in [0.2, 0.25) is 0 Å². The zero-order valence-corrected chi connectivity index (χ0v) is 14.7. The van der Waals surface area contributed by atoms with Crippen LogP contribution in [-0.2, 0) is 17.4 Å². The number of hydrogen-bond acceptors (Lipinski definition) is 5. The number of methoxy groups -OCH3 is 1. The van der Waals surface area contributed by atoms with Crippen LogP contribution in [-0.4, -0.2) is 33.6 Å². The molecular formula is C18H16F3N5O2. The SMILES string of the molecule is COc1ccc(C[C@@H](C(=O)Nc2cccc(C(F)(F)F)c2)c2nn[nH]n2)cc1. The van der Waals surface area contributed by atoms with Crippen molar-refractivity contribution in [3.8, 4) is 5.75 Å². The predicted octanol–water partition coefficient (Wildman–Crippen LogP) is 3.19. The first kappa shape index (κ1) is 19.3. The van der Waals surface area contributed by atoms with E-state index in [9.17, 15) is 18.0 Å². The Bertz CT molecular complexity index is 927. The van der Waals surface area contributed by atoms with E-state index in [0.717, 1.165) is 17.7 Å². The zero-order valence-electron chi connectivity index (χ0n) is 14.7. The molecule has 0 saturated heterocycles. The zero-order chi connectivity index (χ0) is 20.1. The summed E-state index contributed by atoms with van der Waals surface area (Å²) < 4.78 is 43.7. The minimum atomic E-state index is -4.50. The van der Waals surface area contributed by atoms with E-state index >= 15 is 0 Å². The monoisotopic (exact) mass is 391 g/mol. The van der Waals surface area contributed by atoms with Gasteiger partial charge in [0.1, 0.15) is 11.7 Å². The molecule has 2 aromatic carbocycles. The van der Waals surface area contributed by atoms with Gasteiger partial charge in [-0.05, 0) is 42.3 Å². The van der Waals surface area contributed by atoms with Gasteiger partial charge in [-0.15, -0.1) is 10.2 Å². The van der Waals surface area contributed by atoms with Crippen molar-refractivity contribution in [3.05, 3.63) is 65.5 Å². The van der Waals surface area contributed by atoms with Crippen LogP contribution < -0.4 is 10.1 Å². The predicted molar refractivity (Wildman–Crippen MR) is 93.7 cm³/mol. The van der Waals surface area contributed by atoms with Gasteiger partial charge in [0.2, 0.25) is 5.91 Å². The molecule has 0 unspecified atom stereocenters. The Morgan fingerprint density at radius 3 is 2.57 bits per heavy atom.